The average Bonchev–Trinajstić information content (AvgIpc) is 2.54. The highest BCUT2D eigenvalue weighted by Gasteiger charge is 2.03. The number of hydrogen-bond acceptors (Lipinski definition) is 2. The second-order valence-corrected chi connectivity index (χ2v) is 3.17. The lowest BCUT2D eigenvalue weighted by molar-refractivity contribution is 0.417. The fourth-order valence-corrected chi connectivity index (χ4v) is 1.55. The monoisotopic (exact) mass is 226 g/mol. The van der Waals surface area contributed by atoms with Crippen molar-refractivity contribution in [2.24, 2.45) is 0 Å². The van der Waals surface area contributed by atoms with Gasteiger partial charge in [0.05, 0.1) is 13.3 Å². The molecule has 0 aliphatic rings. The number of ether oxygens (including phenoxy) is 1. The van der Waals surface area contributed by atoms with Crippen molar-refractivity contribution in [3.8, 4) is 5.75 Å². The summed E-state index contributed by atoms with van der Waals surface area (Å²) in [5.41, 5.74) is 0.965. The standard InChI is InChI=1S/C8H7BrN2O/c1-12-7-2-3-8(9)11-6(7)4-5-10-11/h2-5H,1H3. The van der Waals surface area contributed by atoms with Gasteiger partial charge in [0.25, 0.3) is 0 Å². The van der Waals surface area contributed by atoms with Gasteiger partial charge >= 0.3 is 0 Å². The molecule has 2 rings (SSSR count). The molecule has 0 saturated heterocycles. The van der Waals surface area contributed by atoms with E-state index in [9.17, 15) is 0 Å². The van der Waals surface area contributed by atoms with E-state index in [0.29, 0.717) is 0 Å². The number of methoxy groups -OCH3 is 1. The van der Waals surface area contributed by atoms with E-state index in [1.807, 2.05) is 18.2 Å². The first-order valence-corrected chi connectivity index (χ1v) is 4.28. The van der Waals surface area contributed by atoms with Crippen molar-refractivity contribution in [2.45, 2.75) is 0 Å². The minimum Gasteiger partial charge on any atom is -0.494 e. The minimum absolute atomic E-state index is 0.829. The summed E-state index contributed by atoms with van der Waals surface area (Å²) >= 11 is 3.38. The van der Waals surface area contributed by atoms with Crippen molar-refractivity contribution in [3.63, 3.8) is 0 Å². The summed E-state index contributed by atoms with van der Waals surface area (Å²) in [4.78, 5) is 0. The zero-order valence-corrected chi connectivity index (χ0v) is 8.08. The zero-order valence-electron chi connectivity index (χ0n) is 6.49. The summed E-state index contributed by atoms with van der Waals surface area (Å²) in [6.07, 6.45) is 1.74. The Morgan fingerprint density at radius 1 is 1.42 bits per heavy atom. The van der Waals surface area contributed by atoms with Crippen molar-refractivity contribution in [1.82, 2.24) is 9.61 Å². The molecule has 0 unspecified atom stereocenters. The lowest BCUT2D eigenvalue weighted by Gasteiger charge is -2.02. The van der Waals surface area contributed by atoms with Crippen LogP contribution in [-0.4, -0.2) is 16.7 Å². The molecular weight excluding hydrogens is 220 g/mol. The molecule has 0 aromatic carbocycles. The second-order valence-electron chi connectivity index (χ2n) is 2.35. The second kappa shape index (κ2) is 2.79. The molecule has 4 heteroatoms. The van der Waals surface area contributed by atoms with Crippen LogP contribution in [0, 0.1) is 0 Å². The number of pyridine rings is 1. The van der Waals surface area contributed by atoms with Crippen molar-refractivity contribution in [3.05, 3.63) is 29.0 Å². The van der Waals surface area contributed by atoms with Gasteiger partial charge in [-0.3, -0.25) is 0 Å². The molecule has 2 aromatic rings. The molecule has 0 bridgehead atoms. The Morgan fingerprint density at radius 2 is 2.25 bits per heavy atom. The van der Waals surface area contributed by atoms with Crippen molar-refractivity contribution in [2.75, 3.05) is 7.11 Å². The van der Waals surface area contributed by atoms with Gasteiger partial charge in [0.2, 0.25) is 0 Å². The first-order chi connectivity index (χ1) is 5.83. The minimum atomic E-state index is 0.829. The topological polar surface area (TPSA) is 26.5 Å². The molecule has 0 aliphatic heterocycles. The summed E-state index contributed by atoms with van der Waals surface area (Å²) < 4.78 is 7.86. The first kappa shape index (κ1) is 7.61. The van der Waals surface area contributed by atoms with Crippen molar-refractivity contribution in [1.29, 1.82) is 0 Å². The molecule has 62 valence electrons. The van der Waals surface area contributed by atoms with Crippen LogP contribution in [-0.2, 0) is 0 Å². The van der Waals surface area contributed by atoms with Gasteiger partial charge < -0.3 is 4.74 Å². The van der Waals surface area contributed by atoms with E-state index in [2.05, 4.69) is 21.0 Å². The van der Waals surface area contributed by atoms with Crippen LogP contribution in [0.25, 0.3) is 5.52 Å². The molecule has 3 nitrogen and oxygen atoms in total. The Balaban J connectivity index is 2.82. The zero-order chi connectivity index (χ0) is 8.55. The van der Waals surface area contributed by atoms with Gasteiger partial charge in [-0.05, 0) is 34.1 Å². The quantitative estimate of drug-likeness (QED) is 0.697. The van der Waals surface area contributed by atoms with E-state index >= 15 is 0 Å². The number of rotatable bonds is 1. The maximum Gasteiger partial charge on any atom is 0.144 e. The van der Waals surface area contributed by atoms with E-state index in [-0.39, 0.29) is 0 Å². The maximum atomic E-state index is 5.16. The van der Waals surface area contributed by atoms with E-state index in [4.69, 9.17) is 4.74 Å². The average molecular weight is 227 g/mol. The third kappa shape index (κ3) is 0.992. The highest BCUT2D eigenvalue weighted by atomic mass is 79.9. The van der Waals surface area contributed by atoms with Crippen LogP contribution in [0.4, 0.5) is 0 Å². The van der Waals surface area contributed by atoms with Gasteiger partial charge in [0.15, 0.2) is 0 Å². The summed E-state index contributed by atoms with van der Waals surface area (Å²) in [5.74, 6) is 0.829. The molecular formula is C8H7BrN2O. The molecule has 0 atom stereocenters. The number of nitrogens with zero attached hydrogens (tertiary/aromatic N) is 2. The van der Waals surface area contributed by atoms with Crippen molar-refractivity contribution < 1.29 is 4.74 Å². The molecule has 0 spiro atoms. The van der Waals surface area contributed by atoms with E-state index in [0.717, 1.165) is 15.9 Å². The van der Waals surface area contributed by atoms with E-state index < -0.39 is 0 Å². The molecule has 0 amide bonds. The van der Waals surface area contributed by atoms with Gasteiger partial charge in [-0.1, -0.05) is 0 Å². The Kier molecular flexibility index (Phi) is 1.77. The van der Waals surface area contributed by atoms with Crippen LogP contribution in [0.15, 0.2) is 29.0 Å². The molecule has 2 heterocycles. The van der Waals surface area contributed by atoms with Gasteiger partial charge in [-0.15, -0.1) is 0 Å². The fourth-order valence-electron chi connectivity index (χ4n) is 1.13. The van der Waals surface area contributed by atoms with Crippen LogP contribution in [0.3, 0.4) is 0 Å². The molecule has 0 saturated carbocycles. The Hall–Kier alpha value is -1.03. The maximum absolute atomic E-state index is 5.16. The Labute approximate surface area is 78.1 Å². The predicted molar refractivity (Wildman–Crippen MR) is 49.4 cm³/mol. The molecule has 2 aromatic heterocycles. The Morgan fingerprint density at radius 3 is 3.00 bits per heavy atom. The lowest BCUT2D eigenvalue weighted by atomic mass is 10.4. The van der Waals surface area contributed by atoms with Crippen LogP contribution in [0.1, 0.15) is 0 Å². The summed E-state index contributed by atoms with van der Waals surface area (Å²) in [5, 5.41) is 4.12. The van der Waals surface area contributed by atoms with Crippen molar-refractivity contribution >= 4 is 21.4 Å². The van der Waals surface area contributed by atoms with Crippen LogP contribution < -0.4 is 4.74 Å². The molecule has 0 radical (unpaired) electrons. The van der Waals surface area contributed by atoms with Crippen LogP contribution >= 0.6 is 15.9 Å². The van der Waals surface area contributed by atoms with Gasteiger partial charge in [0, 0.05) is 0 Å². The molecule has 12 heavy (non-hydrogen) atoms. The predicted octanol–water partition coefficient (Wildman–Crippen LogP) is 2.11. The summed E-state index contributed by atoms with van der Waals surface area (Å²) in [6.45, 7) is 0. The summed E-state index contributed by atoms with van der Waals surface area (Å²) in [6, 6.07) is 5.71. The fraction of sp³-hybridized carbons (Fsp3) is 0.125. The van der Waals surface area contributed by atoms with Crippen LogP contribution in [0.5, 0.6) is 5.75 Å². The lowest BCUT2D eigenvalue weighted by Crippen LogP contribution is -1.92. The van der Waals surface area contributed by atoms with Gasteiger partial charge in [-0.25, -0.2) is 4.52 Å². The van der Waals surface area contributed by atoms with Gasteiger partial charge in [0.1, 0.15) is 15.9 Å². The Bertz CT molecular complexity index is 410. The number of hydrogen-bond donors (Lipinski definition) is 0. The largest absolute Gasteiger partial charge is 0.494 e. The highest BCUT2D eigenvalue weighted by molar-refractivity contribution is 9.10. The third-order valence-electron chi connectivity index (χ3n) is 1.69. The molecule has 0 aliphatic carbocycles. The molecule has 0 N–H and O–H groups in total. The number of aromatic nitrogens is 2. The van der Waals surface area contributed by atoms with E-state index in [1.54, 1.807) is 17.8 Å². The SMILES string of the molecule is COc1ccc(Br)n2nccc12. The number of fused-ring (bicyclic) bond motifs is 1. The first-order valence-electron chi connectivity index (χ1n) is 3.49. The third-order valence-corrected chi connectivity index (χ3v) is 2.29. The smallest absolute Gasteiger partial charge is 0.144 e. The highest BCUT2D eigenvalue weighted by Crippen LogP contribution is 2.22. The molecule has 0 fully saturated rings. The van der Waals surface area contributed by atoms with Crippen LogP contribution in [0.2, 0.25) is 0 Å². The summed E-state index contributed by atoms with van der Waals surface area (Å²) in [7, 11) is 1.65. The number of halogens is 1. The normalized spacial score (nSPS) is 10.5. The van der Waals surface area contributed by atoms with E-state index in [1.165, 1.54) is 0 Å². The van der Waals surface area contributed by atoms with Gasteiger partial charge in [-0.2, -0.15) is 5.10 Å².